The van der Waals surface area contributed by atoms with Gasteiger partial charge in [0.1, 0.15) is 11.2 Å². The highest BCUT2D eigenvalue weighted by molar-refractivity contribution is 6.15. The van der Waals surface area contributed by atoms with Crippen molar-refractivity contribution in [2.45, 2.75) is 5.92 Å². The van der Waals surface area contributed by atoms with E-state index in [0.29, 0.717) is 0 Å². The maximum atomic E-state index is 6.78. The average Bonchev–Trinajstić information content (AvgIpc) is 3.82. The van der Waals surface area contributed by atoms with Crippen molar-refractivity contribution in [1.82, 2.24) is 0 Å². The molecule has 0 fully saturated rings. The lowest BCUT2D eigenvalue weighted by molar-refractivity contribution is 0.669. The molecule has 56 heavy (non-hydrogen) atoms. The summed E-state index contributed by atoms with van der Waals surface area (Å²) in [5, 5.41) is 2.24. The minimum Gasteiger partial charge on any atom is -0.456 e. The second-order valence-electron chi connectivity index (χ2n) is 14.8. The van der Waals surface area contributed by atoms with Crippen LogP contribution in [0.15, 0.2) is 217 Å². The molecule has 10 aromatic rings. The Hall–Kier alpha value is -7.22. The van der Waals surface area contributed by atoms with Crippen LogP contribution in [0, 0.1) is 0 Å². The first-order valence-corrected chi connectivity index (χ1v) is 19.4. The fourth-order valence-electron chi connectivity index (χ4n) is 8.96. The van der Waals surface area contributed by atoms with Crippen molar-refractivity contribution in [3.63, 3.8) is 0 Å². The molecule has 0 N–H and O–H groups in total. The van der Waals surface area contributed by atoms with Crippen LogP contribution in [0.25, 0.3) is 88.7 Å². The molecule has 1 heteroatoms. The van der Waals surface area contributed by atoms with Crippen LogP contribution in [-0.2, 0) is 0 Å². The Morgan fingerprint density at radius 2 is 0.839 bits per heavy atom. The fourth-order valence-corrected chi connectivity index (χ4v) is 8.96. The topological polar surface area (TPSA) is 13.1 Å². The minimum absolute atomic E-state index is 0.209. The first-order valence-electron chi connectivity index (χ1n) is 19.4. The number of fused-ring (bicyclic) bond motifs is 6. The number of rotatable bonds is 6. The molecule has 1 atom stereocenters. The molecule has 0 bridgehead atoms. The van der Waals surface area contributed by atoms with E-state index in [4.69, 9.17) is 4.42 Å². The van der Waals surface area contributed by atoms with E-state index in [2.05, 4.69) is 212 Å². The van der Waals surface area contributed by atoms with Crippen LogP contribution < -0.4 is 0 Å². The van der Waals surface area contributed by atoms with Gasteiger partial charge in [-0.2, -0.15) is 0 Å². The van der Waals surface area contributed by atoms with Gasteiger partial charge in [0.25, 0.3) is 0 Å². The molecular formula is C55H36O. The largest absolute Gasteiger partial charge is 0.456 e. The number of hydrogen-bond donors (Lipinski definition) is 0. The molecule has 1 aliphatic rings. The Labute approximate surface area is 326 Å². The lowest BCUT2D eigenvalue weighted by Crippen LogP contribution is -1.98. The molecule has 1 aromatic heterocycles. The average molecular weight is 713 g/mol. The summed E-state index contributed by atoms with van der Waals surface area (Å²) in [6, 6.07) is 77.1. The standard InChI is InChI=1S/C55H36O/c1-5-16-36(17-6-1)41-30-42(37-18-7-2-8-19-37)32-43(31-41)44-26-15-27-52-55(44)51-34-48(49(35-53(51)56-52)38-20-9-3-10-21-38)40-28-29-47-50(33-40)45-24-13-14-25-46(45)54(47)39-22-11-4-12-23-39/h1-35,54H. The quantitative estimate of drug-likeness (QED) is 0.167. The second-order valence-corrected chi connectivity index (χ2v) is 14.8. The molecule has 0 saturated carbocycles. The Morgan fingerprint density at radius 1 is 0.286 bits per heavy atom. The predicted molar refractivity (Wildman–Crippen MR) is 234 cm³/mol. The van der Waals surface area contributed by atoms with Crippen molar-refractivity contribution in [1.29, 1.82) is 0 Å². The van der Waals surface area contributed by atoms with E-state index in [1.165, 1.54) is 61.2 Å². The summed E-state index contributed by atoms with van der Waals surface area (Å²) in [5.74, 6) is 0.209. The molecule has 0 spiro atoms. The molecule has 1 nitrogen and oxygen atoms in total. The van der Waals surface area contributed by atoms with Gasteiger partial charge >= 0.3 is 0 Å². The van der Waals surface area contributed by atoms with E-state index in [-0.39, 0.29) is 5.92 Å². The molecule has 0 amide bonds. The van der Waals surface area contributed by atoms with Crippen LogP contribution in [0.4, 0.5) is 0 Å². The van der Waals surface area contributed by atoms with Crippen molar-refractivity contribution in [3.8, 4) is 66.8 Å². The van der Waals surface area contributed by atoms with E-state index in [1.807, 2.05) is 0 Å². The summed E-state index contributed by atoms with van der Waals surface area (Å²) in [6.07, 6.45) is 0. The van der Waals surface area contributed by atoms with Crippen molar-refractivity contribution in [2.75, 3.05) is 0 Å². The second kappa shape index (κ2) is 13.3. The molecule has 1 aliphatic carbocycles. The molecule has 262 valence electrons. The zero-order valence-electron chi connectivity index (χ0n) is 30.7. The van der Waals surface area contributed by atoms with Crippen LogP contribution in [-0.4, -0.2) is 0 Å². The van der Waals surface area contributed by atoms with Gasteiger partial charge in [-0.3, -0.25) is 0 Å². The van der Waals surface area contributed by atoms with E-state index in [1.54, 1.807) is 0 Å². The highest BCUT2D eigenvalue weighted by atomic mass is 16.3. The zero-order chi connectivity index (χ0) is 37.0. The van der Waals surface area contributed by atoms with Crippen molar-refractivity contribution in [2.24, 2.45) is 0 Å². The van der Waals surface area contributed by atoms with Crippen LogP contribution in [0.2, 0.25) is 0 Å². The zero-order valence-corrected chi connectivity index (χ0v) is 30.7. The molecular weight excluding hydrogens is 677 g/mol. The summed E-state index contributed by atoms with van der Waals surface area (Å²) < 4.78 is 6.78. The first kappa shape index (κ1) is 32.2. The number of hydrogen-bond acceptors (Lipinski definition) is 1. The minimum atomic E-state index is 0.209. The van der Waals surface area contributed by atoms with Gasteiger partial charge in [-0.15, -0.1) is 0 Å². The lowest BCUT2D eigenvalue weighted by atomic mass is 9.87. The normalized spacial score (nSPS) is 13.2. The van der Waals surface area contributed by atoms with Gasteiger partial charge in [0.2, 0.25) is 0 Å². The van der Waals surface area contributed by atoms with Gasteiger partial charge in [0.05, 0.1) is 0 Å². The third-order valence-electron chi connectivity index (χ3n) is 11.5. The maximum Gasteiger partial charge on any atom is 0.136 e. The molecule has 11 rings (SSSR count). The lowest BCUT2D eigenvalue weighted by Gasteiger charge is -2.16. The molecule has 0 saturated heterocycles. The number of benzene rings is 9. The highest BCUT2D eigenvalue weighted by Gasteiger charge is 2.30. The van der Waals surface area contributed by atoms with Gasteiger partial charge in [0, 0.05) is 16.7 Å². The number of furan rings is 1. The van der Waals surface area contributed by atoms with Crippen LogP contribution in [0.5, 0.6) is 0 Å². The summed E-state index contributed by atoms with van der Waals surface area (Å²) in [6.45, 7) is 0. The highest BCUT2D eigenvalue weighted by Crippen LogP contribution is 2.50. The third kappa shape index (κ3) is 5.40. The molecule has 1 heterocycles. The Morgan fingerprint density at radius 3 is 1.54 bits per heavy atom. The van der Waals surface area contributed by atoms with Gasteiger partial charge in [0.15, 0.2) is 0 Å². The maximum absolute atomic E-state index is 6.78. The molecule has 1 unspecified atom stereocenters. The van der Waals surface area contributed by atoms with Crippen molar-refractivity contribution < 1.29 is 4.42 Å². The van der Waals surface area contributed by atoms with E-state index < -0.39 is 0 Å². The van der Waals surface area contributed by atoms with Crippen molar-refractivity contribution in [3.05, 3.63) is 229 Å². The first-order chi connectivity index (χ1) is 27.8. The summed E-state index contributed by atoms with van der Waals surface area (Å²) in [7, 11) is 0. The Kier molecular flexibility index (Phi) is 7.64. The monoisotopic (exact) mass is 712 g/mol. The fraction of sp³-hybridized carbons (Fsp3) is 0.0182. The van der Waals surface area contributed by atoms with Gasteiger partial charge in [-0.25, -0.2) is 0 Å². The Bertz CT molecular complexity index is 2990. The van der Waals surface area contributed by atoms with Gasteiger partial charge in [-0.1, -0.05) is 170 Å². The predicted octanol–water partition coefficient (Wildman–Crippen LogP) is 15.1. The summed E-state index contributed by atoms with van der Waals surface area (Å²) in [5.41, 5.74) is 20.2. The summed E-state index contributed by atoms with van der Waals surface area (Å²) >= 11 is 0. The van der Waals surface area contributed by atoms with Gasteiger partial charge < -0.3 is 4.42 Å². The van der Waals surface area contributed by atoms with E-state index in [0.717, 1.165) is 44.2 Å². The van der Waals surface area contributed by atoms with Crippen LogP contribution in [0.3, 0.4) is 0 Å². The van der Waals surface area contributed by atoms with E-state index in [9.17, 15) is 0 Å². The third-order valence-corrected chi connectivity index (χ3v) is 11.5. The van der Waals surface area contributed by atoms with Crippen LogP contribution >= 0.6 is 0 Å². The smallest absolute Gasteiger partial charge is 0.136 e. The molecule has 0 radical (unpaired) electrons. The van der Waals surface area contributed by atoms with Crippen molar-refractivity contribution >= 4 is 21.9 Å². The van der Waals surface area contributed by atoms with E-state index >= 15 is 0 Å². The summed E-state index contributed by atoms with van der Waals surface area (Å²) in [4.78, 5) is 0. The van der Waals surface area contributed by atoms with Gasteiger partial charge in [-0.05, 0) is 126 Å². The molecule has 0 aliphatic heterocycles. The van der Waals surface area contributed by atoms with Crippen LogP contribution in [0.1, 0.15) is 22.6 Å². The molecule has 9 aromatic carbocycles. The SMILES string of the molecule is c1ccc(-c2cc(-c3ccccc3)cc(-c3cccc4oc5cc(-c6ccccc6)c(-c6ccc7c(c6)-c6ccccc6C7c6ccccc6)cc5c34)c2)cc1. The Balaban J connectivity index is 1.14.